The first kappa shape index (κ1) is 28.2. The SMILES string of the molecule is c1ccc(C2c3ccc(-c4cccc(-n5c6ccccc6c6cc(-n7c8ccccc8c8ccccc87)ccc65)c4)cc3-c3cccnc32)cc1. The molecule has 238 valence electrons. The minimum atomic E-state index is 0.141. The van der Waals surface area contributed by atoms with Crippen LogP contribution in [0.15, 0.2) is 182 Å². The van der Waals surface area contributed by atoms with Crippen molar-refractivity contribution >= 4 is 43.6 Å². The smallest absolute Gasteiger partial charge is 0.0601 e. The highest BCUT2D eigenvalue weighted by atomic mass is 15.0. The molecule has 0 radical (unpaired) electrons. The molecule has 3 heteroatoms. The van der Waals surface area contributed by atoms with E-state index in [0.717, 1.165) is 11.4 Å². The second-order valence-corrected chi connectivity index (χ2v) is 13.6. The van der Waals surface area contributed by atoms with Crippen LogP contribution in [0.1, 0.15) is 22.7 Å². The molecule has 0 spiro atoms. The van der Waals surface area contributed by atoms with E-state index >= 15 is 0 Å². The van der Waals surface area contributed by atoms with Crippen molar-refractivity contribution in [2.24, 2.45) is 0 Å². The van der Waals surface area contributed by atoms with Gasteiger partial charge < -0.3 is 9.13 Å². The van der Waals surface area contributed by atoms with Gasteiger partial charge in [0, 0.05) is 44.7 Å². The van der Waals surface area contributed by atoms with Crippen molar-refractivity contribution in [1.82, 2.24) is 14.1 Å². The molecule has 10 aromatic rings. The Balaban J connectivity index is 1.06. The number of hydrogen-bond acceptors (Lipinski definition) is 1. The van der Waals surface area contributed by atoms with Gasteiger partial charge in [0.05, 0.1) is 33.7 Å². The molecule has 1 aliphatic carbocycles. The Kier molecular flexibility index (Phi) is 6.02. The van der Waals surface area contributed by atoms with E-state index < -0.39 is 0 Å². The molecule has 1 unspecified atom stereocenters. The molecule has 7 aromatic carbocycles. The second-order valence-electron chi connectivity index (χ2n) is 13.6. The molecule has 1 atom stereocenters. The highest BCUT2D eigenvalue weighted by Gasteiger charge is 2.31. The number of pyridine rings is 1. The van der Waals surface area contributed by atoms with Gasteiger partial charge in [-0.25, -0.2) is 0 Å². The Morgan fingerprint density at radius 3 is 1.73 bits per heavy atom. The maximum Gasteiger partial charge on any atom is 0.0601 e. The van der Waals surface area contributed by atoms with E-state index in [1.165, 1.54) is 82.7 Å². The number of hydrogen-bond donors (Lipinski definition) is 0. The van der Waals surface area contributed by atoms with Crippen LogP contribution in [0.5, 0.6) is 0 Å². The Hall–Kier alpha value is -6.71. The van der Waals surface area contributed by atoms with Crippen LogP contribution in [0.3, 0.4) is 0 Å². The Morgan fingerprint density at radius 2 is 1.00 bits per heavy atom. The van der Waals surface area contributed by atoms with Gasteiger partial charge in [-0.1, -0.05) is 115 Å². The number of fused-ring (bicyclic) bond motifs is 9. The molecule has 0 N–H and O–H groups in total. The number of rotatable bonds is 4. The van der Waals surface area contributed by atoms with Gasteiger partial charge >= 0.3 is 0 Å². The van der Waals surface area contributed by atoms with Gasteiger partial charge in [0.1, 0.15) is 0 Å². The highest BCUT2D eigenvalue weighted by Crippen LogP contribution is 2.48. The normalized spacial score (nSPS) is 13.7. The molecular weight excluding hydrogens is 619 g/mol. The summed E-state index contributed by atoms with van der Waals surface area (Å²) in [6.45, 7) is 0. The van der Waals surface area contributed by atoms with Crippen LogP contribution in [-0.2, 0) is 0 Å². The maximum atomic E-state index is 4.89. The second kappa shape index (κ2) is 10.9. The lowest BCUT2D eigenvalue weighted by atomic mass is 9.90. The van der Waals surface area contributed by atoms with Crippen LogP contribution in [0.2, 0.25) is 0 Å². The van der Waals surface area contributed by atoms with Crippen molar-refractivity contribution in [3.8, 4) is 33.6 Å². The molecule has 51 heavy (non-hydrogen) atoms. The lowest BCUT2D eigenvalue weighted by Gasteiger charge is -2.14. The fourth-order valence-electron chi connectivity index (χ4n) is 8.63. The average molecular weight is 650 g/mol. The van der Waals surface area contributed by atoms with Crippen molar-refractivity contribution in [2.75, 3.05) is 0 Å². The summed E-state index contributed by atoms with van der Waals surface area (Å²) < 4.78 is 4.82. The van der Waals surface area contributed by atoms with E-state index in [9.17, 15) is 0 Å². The third-order valence-corrected chi connectivity index (χ3v) is 10.8. The van der Waals surface area contributed by atoms with Crippen LogP contribution in [0.25, 0.3) is 77.2 Å². The maximum absolute atomic E-state index is 4.89. The van der Waals surface area contributed by atoms with Gasteiger partial charge in [0.15, 0.2) is 0 Å². The summed E-state index contributed by atoms with van der Waals surface area (Å²) in [6.07, 6.45) is 1.92. The molecule has 0 amide bonds. The summed E-state index contributed by atoms with van der Waals surface area (Å²) in [7, 11) is 0. The van der Waals surface area contributed by atoms with Crippen molar-refractivity contribution < 1.29 is 0 Å². The van der Waals surface area contributed by atoms with Crippen LogP contribution < -0.4 is 0 Å². The summed E-state index contributed by atoms with van der Waals surface area (Å²) in [5, 5.41) is 5.03. The number of para-hydroxylation sites is 3. The lowest BCUT2D eigenvalue weighted by Crippen LogP contribution is -2.00. The summed E-state index contributed by atoms with van der Waals surface area (Å²) in [5.41, 5.74) is 15.8. The fourth-order valence-corrected chi connectivity index (χ4v) is 8.63. The van der Waals surface area contributed by atoms with Crippen molar-refractivity contribution in [1.29, 1.82) is 0 Å². The summed E-state index contributed by atoms with van der Waals surface area (Å²) in [4.78, 5) is 4.89. The highest BCUT2D eigenvalue weighted by molar-refractivity contribution is 6.12. The third-order valence-electron chi connectivity index (χ3n) is 10.8. The van der Waals surface area contributed by atoms with E-state index in [1.807, 2.05) is 6.20 Å². The fraction of sp³-hybridized carbons (Fsp3) is 0.0208. The number of benzene rings is 7. The number of nitrogens with zero attached hydrogens (tertiary/aromatic N) is 3. The van der Waals surface area contributed by atoms with Gasteiger partial charge in [-0.05, 0) is 88.5 Å². The van der Waals surface area contributed by atoms with E-state index in [1.54, 1.807) is 0 Å². The Labute approximate surface area is 295 Å². The molecule has 0 fully saturated rings. The molecule has 3 heterocycles. The summed E-state index contributed by atoms with van der Waals surface area (Å²) in [5.74, 6) is 0.141. The third kappa shape index (κ3) is 4.15. The van der Waals surface area contributed by atoms with Crippen molar-refractivity contribution in [3.05, 3.63) is 199 Å². The Bertz CT molecular complexity index is 2930. The molecule has 0 aliphatic heterocycles. The first-order chi connectivity index (χ1) is 25.3. The number of aromatic nitrogens is 3. The lowest BCUT2D eigenvalue weighted by molar-refractivity contribution is 0.954. The molecule has 3 aromatic heterocycles. The molecule has 0 bridgehead atoms. The minimum absolute atomic E-state index is 0.141. The quantitative estimate of drug-likeness (QED) is 0.186. The standard InChI is InChI=1S/C48H31N3/c1-2-12-31(13-3-1)47-39-25-23-33(29-41(39)40-19-11-27-49-48(40)47)32-14-10-15-34(28-32)50-45-22-9-6-18-38(45)42-30-35(24-26-46(42)50)51-43-20-7-4-16-36(43)37-17-5-8-21-44(37)51/h1-30,47H. The van der Waals surface area contributed by atoms with E-state index in [0.29, 0.717) is 0 Å². The largest absolute Gasteiger partial charge is 0.309 e. The Morgan fingerprint density at radius 1 is 0.392 bits per heavy atom. The van der Waals surface area contributed by atoms with Crippen LogP contribution >= 0.6 is 0 Å². The van der Waals surface area contributed by atoms with Gasteiger partial charge in [0.2, 0.25) is 0 Å². The van der Waals surface area contributed by atoms with Crippen LogP contribution in [0, 0.1) is 0 Å². The zero-order valence-corrected chi connectivity index (χ0v) is 27.7. The van der Waals surface area contributed by atoms with Gasteiger partial charge in [-0.15, -0.1) is 0 Å². The minimum Gasteiger partial charge on any atom is -0.309 e. The van der Waals surface area contributed by atoms with Gasteiger partial charge in [-0.2, -0.15) is 0 Å². The van der Waals surface area contributed by atoms with Crippen LogP contribution in [0.4, 0.5) is 0 Å². The molecule has 11 rings (SSSR count). The predicted octanol–water partition coefficient (Wildman–Crippen LogP) is 12.1. The molecular formula is C48H31N3. The first-order valence-electron chi connectivity index (χ1n) is 17.6. The zero-order chi connectivity index (χ0) is 33.5. The molecule has 3 nitrogen and oxygen atoms in total. The molecule has 0 saturated carbocycles. The topological polar surface area (TPSA) is 22.8 Å². The van der Waals surface area contributed by atoms with Gasteiger partial charge in [0.25, 0.3) is 0 Å². The van der Waals surface area contributed by atoms with Crippen molar-refractivity contribution in [3.63, 3.8) is 0 Å². The van der Waals surface area contributed by atoms with Gasteiger partial charge in [-0.3, -0.25) is 4.98 Å². The van der Waals surface area contributed by atoms with E-state index in [-0.39, 0.29) is 5.92 Å². The first-order valence-corrected chi connectivity index (χ1v) is 17.6. The average Bonchev–Trinajstić information content (AvgIpc) is 3.83. The van der Waals surface area contributed by atoms with E-state index in [4.69, 9.17) is 4.98 Å². The zero-order valence-electron chi connectivity index (χ0n) is 27.7. The summed E-state index contributed by atoms with van der Waals surface area (Å²) >= 11 is 0. The van der Waals surface area contributed by atoms with Crippen molar-refractivity contribution in [2.45, 2.75) is 5.92 Å². The molecule has 1 aliphatic rings. The molecule has 0 saturated heterocycles. The summed E-state index contributed by atoms with van der Waals surface area (Å²) in [6, 6.07) is 64.1. The van der Waals surface area contributed by atoms with E-state index in [2.05, 4.69) is 185 Å². The predicted molar refractivity (Wildman–Crippen MR) is 211 cm³/mol. The van der Waals surface area contributed by atoms with Crippen LogP contribution in [-0.4, -0.2) is 14.1 Å². The monoisotopic (exact) mass is 649 g/mol.